The van der Waals surface area contributed by atoms with Gasteiger partial charge in [0.1, 0.15) is 0 Å². The molecule has 0 radical (unpaired) electrons. The second-order valence-electron chi connectivity index (χ2n) is 3.68. The van der Waals surface area contributed by atoms with Crippen LogP contribution in [0, 0.1) is 0 Å². The molecule has 0 spiro atoms. The summed E-state index contributed by atoms with van der Waals surface area (Å²) in [6, 6.07) is 7.55. The second-order valence-corrected chi connectivity index (χ2v) is 3.68. The summed E-state index contributed by atoms with van der Waals surface area (Å²) < 4.78 is 5.09. The van der Waals surface area contributed by atoms with Crippen molar-refractivity contribution in [1.29, 1.82) is 0 Å². The standard InChI is InChI=1S/C12H18N2O2/c1-9(8-16-3)10-4-6-11(7-5-10)14-12(15)13-2/h4-7,9H,8H2,1-3H3,(H2,13,14,15). The fourth-order valence-electron chi connectivity index (χ4n) is 1.43. The summed E-state index contributed by atoms with van der Waals surface area (Å²) in [5.41, 5.74) is 1.98. The van der Waals surface area contributed by atoms with Crippen LogP contribution in [0.5, 0.6) is 0 Å². The Kier molecular flexibility index (Phi) is 4.79. The normalized spacial score (nSPS) is 11.9. The summed E-state index contributed by atoms with van der Waals surface area (Å²) >= 11 is 0. The summed E-state index contributed by atoms with van der Waals surface area (Å²) in [7, 11) is 3.28. The number of hydrogen-bond donors (Lipinski definition) is 2. The molecule has 1 aromatic carbocycles. The zero-order chi connectivity index (χ0) is 12.0. The summed E-state index contributed by atoms with van der Waals surface area (Å²) in [6.45, 7) is 2.80. The first-order chi connectivity index (χ1) is 7.67. The number of rotatable bonds is 4. The van der Waals surface area contributed by atoms with Gasteiger partial charge in [0.25, 0.3) is 0 Å². The fraction of sp³-hybridized carbons (Fsp3) is 0.417. The summed E-state index contributed by atoms with van der Waals surface area (Å²) in [5.74, 6) is 0.360. The van der Waals surface area contributed by atoms with E-state index in [4.69, 9.17) is 4.74 Å². The zero-order valence-electron chi connectivity index (χ0n) is 9.91. The van der Waals surface area contributed by atoms with Crippen molar-refractivity contribution in [2.24, 2.45) is 0 Å². The van der Waals surface area contributed by atoms with Gasteiger partial charge in [0, 0.05) is 25.8 Å². The smallest absolute Gasteiger partial charge is 0.318 e. The van der Waals surface area contributed by atoms with Gasteiger partial charge in [-0.1, -0.05) is 19.1 Å². The molecule has 1 rings (SSSR count). The fourth-order valence-corrected chi connectivity index (χ4v) is 1.43. The van der Waals surface area contributed by atoms with Crippen molar-refractivity contribution < 1.29 is 9.53 Å². The number of amides is 2. The van der Waals surface area contributed by atoms with E-state index in [1.807, 2.05) is 24.3 Å². The molecule has 0 saturated carbocycles. The van der Waals surface area contributed by atoms with Crippen molar-refractivity contribution in [3.63, 3.8) is 0 Å². The molecule has 1 aromatic rings. The molecular formula is C12H18N2O2. The van der Waals surface area contributed by atoms with Crippen LogP contribution in [-0.2, 0) is 4.74 Å². The first-order valence-corrected chi connectivity index (χ1v) is 5.25. The summed E-state index contributed by atoms with van der Waals surface area (Å²) in [6.07, 6.45) is 0. The minimum atomic E-state index is -0.210. The molecule has 1 atom stereocenters. The predicted molar refractivity (Wildman–Crippen MR) is 64.8 cm³/mol. The number of carbonyl (C=O) groups is 1. The molecule has 1 unspecified atom stereocenters. The number of methoxy groups -OCH3 is 1. The number of carbonyl (C=O) groups excluding carboxylic acids is 1. The average Bonchev–Trinajstić information content (AvgIpc) is 2.30. The molecule has 0 aromatic heterocycles. The number of hydrogen-bond acceptors (Lipinski definition) is 2. The van der Waals surface area contributed by atoms with Crippen molar-refractivity contribution in [2.75, 3.05) is 26.1 Å². The first-order valence-electron chi connectivity index (χ1n) is 5.25. The van der Waals surface area contributed by atoms with Crippen LogP contribution in [-0.4, -0.2) is 26.8 Å². The van der Waals surface area contributed by atoms with Gasteiger partial charge in [-0.3, -0.25) is 0 Å². The Balaban J connectivity index is 2.64. The van der Waals surface area contributed by atoms with E-state index in [1.54, 1.807) is 14.2 Å². The van der Waals surface area contributed by atoms with Crippen molar-refractivity contribution >= 4 is 11.7 Å². The van der Waals surface area contributed by atoms with Crippen molar-refractivity contribution in [1.82, 2.24) is 5.32 Å². The van der Waals surface area contributed by atoms with Crippen molar-refractivity contribution in [3.05, 3.63) is 29.8 Å². The Morgan fingerprint density at radius 3 is 2.50 bits per heavy atom. The number of urea groups is 1. The molecule has 4 heteroatoms. The minimum absolute atomic E-state index is 0.210. The highest BCUT2D eigenvalue weighted by molar-refractivity contribution is 5.88. The van der Waals surface area contributed by atoms with Crippen molar-refractivity contribution in [2.45, 2.75) is 12.8 Å². The van der Waals surface area contributed by atoms with E-state index >= 15 is 0 Å². The summed E-state index contributed by atoms with van der Waals surface area (Å²) in [4.78, 5) is 11.1. The predicted octanol–water partition coefficient (Wildman–Crippen LogP) is 2.19. The maximum atomic E-state index is 11.1. The Morgan fingerprint density at radius 2 is 2.00 bits per heavy atom. The van der Waals surface area contributed by atoms with Gasteiger partial charge >= 0.3 is 6.03 Å². The Labute approximate surface area is 96.0 Å². The number of benzene rings is 1. The molecule has 4 nitrogen and oxygen atoms in total. The highest BCUT2D eigenvalue weighted by Crippen LogP contribution is 2.17. The lowest BCUT2D eigenvalue weighted by Crippen LogP contribution is -2.24. The molecule has 0 fully saturated rings. The first kappa shape index (κ1) is 12.5. The van der Waals surface area contributed by atoms with Crippen molar-refractivity contribution in [3.8, 4) is 0 Å². The molecule has 16 heavy (non-hydrogen) atoms. The molecule has 2 amide bonds. The van der Waals surface area contributed by atoms with Crippen LogP contribution < -0.4 is 10.6 Å². The van der Waals surface area contributed by atoms with E-state index in [9.17, 15) is 4.79 Å². The largest absolute Gasteiger partial charge is 0.384 e. The van der Waals surface area contributed by atoms with Crippen LogP contribution in [0.4, 0.5) is 10.5 Å². The topological polar surface area (TPSA) is 50.4 Å². The SMILES string of the molecule is CNC(=O)Nc1ccc(C(C)COC)cc1. The third kappa shape index (κ3) is 3.55. The second kappa shape index (κ2) is 6.12. The molecule has 88 valence electrons. The highest BCUT2D eigenvalue weighted by atomic mass is 16.5. The molecule has 0 saturated heterocycles. The highest BCUT2D eigenvalue weighted by Gasteiger charge is 2.05. The molecule has 2 N–H and O–H groups in total. The van der Waals surface area contributed by atoms with Crippen LogP contribution in [0.1, 0.15) is 18.4 Å². The van der Waals surface area contributed by atoms with E-state index in [1.165, 1.54) is 5.56 Å². The Morgan fingerprint density at radius 1 is 1.38 bits per heavy atom. The number of ether oxygens (including phenoxy) is 1. The maximum Gasteiger partial charge on any atom is 0.318 e. The van der Waals surface area contributed by atoms with Gasteiger partial charge in [0.2, 0.25) is 0 Å². The molecule has 0 bridgehead atoms. The zero-order valence-corrected chi connectivity index (χ0v) is 9.91. The third-order valence-corrected chi connectivity index (χ3v) is 2.38. The quantitative estimate of drug-likeness (QED) is 0.820. The lowest BCUT2D eigenvalue weighted by molar-refractivity contribution is 0.184. The van der Waals surface area contributed by atoms with Crippen LogP contribution >= 0.6 is 0 Å². The van der Waals surface area contributed by atoms with E-state index in [-0.39, 0.29) is 6.03 Å². The number of nitrogens with one attached hydrogen (secondary N) is 2. The van der Waals surface area contributed by atoms with Gasteiger partial charge in [-0.2, -0.15) is 0 Å². The van der Waals surface area contributed by atoms with Gasteiger partial charge in [0.05, 0.1) is 6.61 Å². The Bertz CT molecular complexity index is 335. The lowest BCUT2D eigenvalue weighted by atomic mass is 10.0. The monoisotopic (exact) mass is 222 g/mol. The molecule has 0 aliphatic heterocycles. The van der Waals surface area contributed by atoms with E-state index < -0.39 is 0 Å². The molecule has 0 heterocycles. The molecule has 0 aliphatic rings. The number of anilines is 1. The third-order valence-electron chi connectivity index (χ3n) is 2.38. The van der Waals surface area contributed by atoms with Crippen LogP contribution in [0.3, 0.4) is 0 Å². The van der Waals surface area contributed by atoms with Crippen LogP contribution in [0.15, 0.2) is 24.3 Å². The van der Waals surface area contributed by atoms with Gasteiger partial charge in [-0.15, -0.1) is 0 Å². The van der Waals surface area contributed by atoms with E-state index in [0.29, 0.717) is 12.5 Å². The minimum Gasteiger partial charge on any atom is -0.384 e. The van der Waals surface area contributed by atoms with Gasteiger partial charge in [-0.05, 0) is 17.7 Å². The summed E-state index contributed by atoms with van der Waals surface area (Å²) in [5, 5.41) is 5.21. The Hall–Kier alpha value is -1.55. The van der Waals surface area contributed by atoms with E-state index in [0.717, 1.165) is 5.69 Å². The van der Waals surface area contributed by atoms with Gasteiger partial charge in [0.15, 0.2) is 0 Å². The van der Waals surface area contributed by atoms with Gasteiger partial charge < -0.3 is 15.4 Å². The van der Waals surface area contributed by atoms with Crippen LogP contribution in [0.25, 0.3) is 0 Å². The van der Waals surface area contributed by atoms with Gasteiger partial charge in [-0.25, -0.2) is 4.79 Å². The van der Waals surface area contributed by atoms with Crippen LogP contribution in [0.2, 0.25) is 0 Å². The maximum absolute atomic E-state index is 11.1. The molecule has 0 aliphatic carbocycles. The van der Waals surface area contributed by atoms with E-state index in [2.05, 4.69) is 17.6 Å². The average molecular weight is 222 g/mol. The lowest BCUT2D eigenvalue weighted by Gasteiger charge is -2.11. The molecular weight excluding hydrogens is 204 g/mol.